The molecule has 3 aliphatic rings. The van der Waals surface area contributed by atoms with Crippen LogP contribution in [0.2, 0.25) is 0 Å². The highest BCUT2D eigenvalue weighted by atomic mass is 16.3. The Hall–Kier alpha value is -0.440. The Labute approximate surface area is 128 Å². The predicted octanol–water partition coefficient (Wildman–Crippen LogP) is 4.24. The van der Waals surface area contributed by atoms with Gasteiger partial charge in [-0.15, -0.1) is 0 Å². The largest absolute Gasteiger partial charge is 0.393 e. The normalized spacial score (nSPS) is 49.8. The SMILES string of the molecule is CCCC1C2C(CC(C)C(O)CC)C3CC3C(C)(N=O)C12. The van der Waals surface area contributed by atoms with Crippen LogP contribution in [0.4, 0.5) is 0 Å². The third-order valence-electron chi connectivity index (χ3n) is 7.08. The summed E-state index contributed by atoms with van der Waals surface area (Å²) < 4.78 is 0. The number of fused-ring (bicyclic) bond motifs is 2. The summed E-state index contributed by atoms with van der Waals surface area (Å²) in [6.45, 7) is 8.63. The van der Waals surface area contributed by atoms with E-state index < -0.39 is 0 Å². The van der Waals surface area contributed by atoms with Gasteiger partial charge in [-0.1, -0.05) is 38.8 Å². The number of nitrogens with zero attached hydrogens (tertiary/aromatic N) is 1. The van der Waals surface area contributed by atoms with Crippen LogP contribution in [-0.2, 0) is 0 Å². The van der Waals surface area contributed by atoms with Crippen molar-refractivity contribution in [3.8, 4) is 0 Å². The summed E-state index contributed by atoms with van der Waals surface area (Å²) in [6, 6.07) is 0. The quantitative estimate of drug-likeness (QED) is 0.714. The average Bonchev–Trinajstić information content (AvgIpc) is 3.37. The summed E-state index contributed by atoms with van der Waals surface area (Å²) in [7, 11) is 0. The minimum absolute atomic E-state index is 0.165. The highest BCUT2D eigenvalue weighted by Crippen LogP contribution is 2.75. The first kappa shape index (κ1) is 15.5. The summed E-state index contributed by atoms with van der Waals surface area (Å²) in [5.41, 5.74) is -0.279. The van der Waals surface area contributed by atoms with Crippen LogP contribution in [0.5, 0.6) is 0 Å². The molecule has 3 fully saturated rings. The Kier molecular flexibility index (Phi) is 3.92. The summed E-state index contributed by atoms with van der Waals surface area (Å²) in [5, 5.41) is 13.7. The Balaban J connectivity index is 1.74. The third-order valence-corrected chi connectivity index (χ3v) is 7.08. The van der Waals surface area contributed by atoms with Crippen molar-refractivity contribution in [3.05, 3.63) is 4.91 Å². The van der Waals surface area contributed by atoms with Crippen molar-refractivity contribution in [2.45, 2.75) is 71.4 Å². The minimum atomic E-state index is -0.279. The van der Waals surface area contributed by atoms with Crippen LogP contribution in [-0.4, -0.2) is 16.7 Å². The van der Waals surface area contributed by atoms with Gasteiger partial charge in [-0.2, -0.15) is 4.91 Å². The molecule has 0 amide bonds. The number of hydrogen-bond acceptors (Lipinski definition) is 3. The van der Waals surface area contributed by atoms with E-state index in [9.17, 15) is 10.0 Å². The van der Waals surface area contributed by atoms with E-state index >= 15 is 0 Å². The second-order valence-corrected chi connectivity index (χ2v) is 8.23. The molecule has 0 aromatic carbocycles. The minimum Gasteiger partial charge on any atom is -0.393 e. The monoisotopic (exact) mass is 293 g/mol. The Morgan fingerprint density at radius 2 is 2.05 bits per heavy atom. The zero-order valence-corrected chi connectivity index (χ0v) is 14.0. The molecule has 9 atom stereocenters. The third kappa shape index (κ3) is 2.27. The van der Waals surface area contributed by atoms with E-state index in [1.54, 1.807) is 0 Å². The first-order chi connectivity index (χ1) is 9.99. The van der Waals surface area contributed by atoms with E-state index in [0.29, 0.717) is 29.6 Å². The van der Waals surface area contributed by atoms with Crippen molar-refractivity contribution in [1.82, 2.24) is 0 Å². The Morgan fingerprint density at radius 3 is 2.62 bits per heavy atom. The second-order valence-electron chi connectivity index (χ2n) is 8.23. The van der Waals surface area contributed by atoms with E-state index in [2.05, 4.69) is 32.9 Å². The molecule has 0 bridgehead atoms. The molecule has 0 spiro atoms. The maximum atomic E-state index is 11.5. The van der Waals surface area contributed by atoms with Gasteiger partial charge in [0.15, 0.2) is 0 Å². The van der Waals surface area contributed by atoms with Gasteiger partial charge >= 0.3 is 0 Å². The molecular formula is C18H31NO2. The standard InChI is InChI=1S/C18H31NO2/c1-5-7-11-16-13(8-10(3)15(20)6-2)12-9-14(12)18(4,19-21)17(11)16/h10-17,20H,5-9H2,1-4H3. The molecule has 9 unspecified atom stereocenters. The molecular weight excluding hydrogens is 262 g/mol. The Morgan fingerprint density at radius 1 is 1.33 bits per heavy atom. The van der Waals surface area contributed by atoms with E-state index in [0.717, 1.165) is 24.7 Å². The van der Waals surface area contributed by atoms with Crippen molar-refractivity contribution in [3.63, 3.8) is 0 Å². The number of aliphatic hydroxyl groups is 1. The van der Waals surface area contributed by atoms with E-state index in [1.807, 2.05) is 0 Å². The number of hydrogen-bond donors (Lipinski definition) is 1. The summed E-state index contributed by atoms with van der Waals surface area (Å²) in [6.07, 6.45) is 5.49. The molecule has 1 N–H and O–H groups in total. The lowest BCUT2D eigenvalue weighted by Crippen LogP contribution is -2.36. The van der Waals surface area contributed by atoms with Gasteiger partial charge in [-0.25, -0.2) is 0 Å². The fraction of sp³-hybridized carbons (Fsp3) is 1.00. The smallest absolute Gasteiger partial charge is 0.106 e. The highest BCUT2D eigenvalue weighted by molar-refractivity contribution is 5.24. The number of nitroso groups, excluding NO2 is 1. The van der Waals surface area contributed by atoms with Crippen LogP contribution >= 0.6 is 0 Å². The molecule has 21 heavy (non-hydrogen) atoms. The van der Waals surface area contributed by atoms with Crippen molar-refractivity contribution >= 4 is 0 Å². The average molecular weight is 293 g/mol. The van der Waals surface area contributed by atoms with E-state index in [1.165, 1.54) is 19.3 Å². The zero-order valence-electron chi connectivity index (χ0n) is 14.0. The summed E-state index contributed by atoms with van der Waals surface area (Å²) in [4.78, 5) is 11.5. The first-order valence-electron chi connectivity index (χ1n) is 9.02. The molecule has 3 rings (SSSR count). The van der Waals surface area contributed by atoms with Crippen LogP contribution in [0, 0.1) is 46.3 Å². The van der Waals surface area contributed by atoms with Crippen LogP contribution < -0.4 is 0 Å². The Bertz CT molecular complexity index is 412. The summed E-state index contributed by atoms with van der Waals surface area (Å²) in [5.74, 6) is 4.34. The highest BCUT2D eigenvalue weighted by Gasteiger charge is 2.74. The predicted molar refractivity (Wildman–Crippen MR) is 84.7 cm³/mol. The zero-order chi connectivity index (χ0) is 15.4. The molecule has 0 aromatic rings. The van der Waals surface area contributed by atoms with Gasteiger partial charge < -0.3 is 5.11 Å². The second kappa shape index (κ2) is 5.33. The van der Waals surface area contributed by atoms with Crippen molar-refractivity contribution in [2.75, 3.05) is 0 Å². The molecule has 120 valence electrons. The molecule has 3 nitrogen and oxygen atoms in total. The molecule has 0 saturated heterocycles. The van der Waals surface area contributed by atoms with Crippen LogP contribution in [0.1, 0.15) is 59.8 Å². The lowest BCUT2D eigenvalue weighted by molar-refractivity contribution is 0.0831. The fourth-order valence-corrected chi connectivity index (χ4v) is 5.85. The van der Waals surface area contributed by atoms with Gasteiger partial charge in [0.2, 0.25) is 0 Å². The molecule has 3 saturated carbocycles. The lowest BCUT2D eigenvalue weighted by Gasteiger charge is -2.32. The van der Waals surface area contributed by atoms with Crippen LogP contribution in [0.3, 0.4) is 0 Å². The van der Waals surface area contributed by atoms with E-state index in [-0.39, 0.29) is 11.6 Å². The van der Waals surface area contributed by atoms with Crippen molar-refractivity contribution in [2.24, 2.45) is 46.6 Å². The van der Waals surface area contributed by atoms with Gasteiger partial charge in [-0.05, 0) is 67.6 Å². The van der Waals surface area contributed by atoms with Gasteiger partial charge in [0, 0.05) is 0 Å². The fourth-order valence-electron chi connectivity index (χ4n) is 5.85. The van der Waals surface area contributed by atoms with Gasteiger partial charge in [0.25, 0.3) is 0 Å². The molecule has 0 heterocycles. The summed E-state index contributed by atoms with van der Waals surface area (Å²) >= 11 is 0. The lowest BCUT2D eigenvalue weighted by atomic mass is 9.74. The first-order valence-corrected chi connectivity index (χ1v) is 9.02. The molecule has 0 radical (unpaired) electrons. The van der Waals surface area contributed by atoms with Crippen molar-refractivity contribution in [1.29, 1.82) is 0 Å². The number of aliphatic hydroxyl groups excluding tert-OH is 1. The van der Waals surface area contributed by atoms with Gasteiger partial charge in [0.05, 0.1) is 6.10 Å². The molecule has 0 aromatic heterocycles. The number of rotatable bonds is 7. The van der Waals surface area contributed by atoms with Gasteiger partial charge in [-0.3, -0.25) is 0 Å². The van der Waals surface area contributed by atoms with Crippen LogP contribution in [0.25, 0.3) is 0 Å². The maximum Gasteiger partial charge on any atom is 0.106 e. The van der Waals surface area contributed by atoms with Crippen LogP contribution in [0.15, 0.2) is 5.18 Å². The molecule has 3 aliphatic carbocycles. The maximum absolute atomic E-state index is 11.5. The van der Waals surface area contributed by atoms with Gasteiger partial charge in [0.1, 0.15) is 5.54 Å². The molecule has 0 aliphatic heterocycles. The topological polar surface area (TPSA) is 49.7 Å². The molecule has 3 heteroatoms. The van der Waals surface area contributed by atoms with E-state index in [4.69, 9.17) is 0 Å². The van der Waals surface area contributed by atoms with Crippen molar-refractivity contribution < 1.29 is 5.11 Å².